The number of benzene rings is 3. The van der Waals surface area contributed by atoms with E-state index < -0.39 is 5.66 Å². The van der Waals surface area contributed by atoms with Crippen LogP contribution in [0.2, 0.25) is 0 Å². The highest BCUT2D eigenvalue weighted by Gasteiger charge is 2.56. The zero-order valence-corrected chi connectivity index (χ0v) is 15.8. The van der Waals surface area contributed by atoms with Crippen molar-refractivity contribution in [1.29, 1.82) is 0 Å². The average Bonchev–Trinajstić information content (AvgIpc) is 3.34. The summed E-state index contributed by atoms with van der Waals surface area (Å²) in [7, 11) is 0. The van der Waals surface area contributed by atoms with Gasteiger partial charge in [0.25, 0.3) is 11.8 Å². The van der Waals surface area contributed by atoms with Gasteiger partial charge in [-0.05, 0) is 35.9 Å². The minimum absolute atomic E-state index is 0.177. The van der Waals surface area contributed by atoms with Crippen molar-refractivity contribution in [2.75, 3.05) is 17.4 Å². The van der Waals surface area contributed by atoms with Gasteiger partial charge in [-0.3, -0.25) is 14.5 Å². The summed E-state index contributed by atoms with van der Waals surface area (Å²) in [6.45, 7) is 0.397. The van der Waals surface area contributed by atoms with E-state index in [1.807, 2.05) is 60.7 Å². The molecule has 2 N–H and O–H groups in total. The predicted octanol–water partition coefficient (Wildman–Crippen LogP) is 3.29. The predicted molar refractivity (Wildman–Crippen MR) is 109 cm³/mol. The highest BCUT2D eigenvalue weighted by Crippen LogP contribution is 2.46. The zero-order valence-electron chi connectivity index (χ0n) is 15.8. The maximum atomic E-state index is 13.6. The van der Waals surface area contributed by atoms with E-state index in [2.05, 4.69) is 10.6 Å². The Labute approximate surface area is 172 Å². The van der Waals surface area contributed by atoms with Crippen LogP contribution in [0.1, 0.15) is 21.5 Å². The minimum atomic E-state index is -1.33. The van der Waals surface area contributed by atoms with Gasteiger partial charge >= 0.3 is 0 Å². The molecule has 6 rings (SSSR count). The van der Waals surface area contributed by atoms with Crippen molar-refractivity contribution in [3.63, 3.8) is 0 Å². The molecule has 0 fully saturated rings. The van der Waals surface area contributed by atoms with Gasteiger partial charge in [-0.15, -0.1) is 0 Å². The smallest absolute Gasteiger partial charge is 0.276 e. The molecule has 1 spiro atoms. The third-order valence-electron chi connectivity index (χ3n) is 5.79. The standard InChI is InChI=1S/C23H17N3O4/c27-21-15-5-1-3-7-17(15)25-23(16-6-2-4-8-18(16)24-22(23)28)26(21)12-14-9-10-19-20(11-14)30-13-29-19/h1-11,25H,12-13H2,(H,24,28). The molecule has 0 aliphatic carbocycles. The quantitative estimate of drug-likeness (QED) is 0.691. The number of para-hydroxylation sites is 2. The van der Waals surface area contributed by atoms with Crippen LogP contribution in [-0.2, 0) is 17.0 Å². The molecule has 0 saturated heterocycles. The molecule has 148 valence electrons. The Hall–Kier alpha value is -4.00. The molecule has 0 aromatic heterocycles. The third kappa shape index (κ3) is 2.20. The van der Waals surface area contributed by atoms with Crippen molar-refractivity contribution in [3.05, 3.63) is 83.4 Å². The molecule has 3 aliphatic heterocycles. The van der Waals surface area contributed by atoms with E-state index in [0.29, 0.717) is 28.4 Å². The molecule has 0 saturated carbocycles. The fraction of sp³-hybridized carbons (Fsp3) is 0.130. The summed E-state index contributed by atoms with van der Waals surface area (Å²) < 4.78 is 10.9. The first kappa shape index (κ1) is 16.9. The monoisotopic (exact) mass is 399 g/mol. The first-order chi connectivity index (χ1) is 14.7. The molecule has 3 aliphatic rings. The van der Waals surface area contributed by atoms with E-state index in [9.17, 15) is 9.59 Å². The van der Waals surface area contributed by atoms with Gasteiger partial charge < -0.3 is 20.1 Å². The van der Waals surface area contributed by atoms with E-state index in [0.717, 1.165) is 11.1 Å². The van der Waals surface area contributed by atoms with Crippen LogP contribution in [0.3, 0.4) is 0 Å². The average molecular weight is 399 g/mol. The summed E-state index contributed by atoms with van der Waals surface area (Å²) in [6, 6.07) is 20.2. The Morgan fingerprint density at radius 2 is 1.67 bits per heavy atom. The largest absolute Gasteiger partial charge is 0.454 e. The summed E-state index contributed by atoms with van der Waals surface area (Å²) in [5, 5.41) is 6.30. The number of hydrogen-bond acceptors (Lipinski definition) is 5. The molecule has 3 aromatic carbocycles. The Morgan fingerprint density at radius 3 is 2.57 bits per heavy atom. The van der Waals surface area contributed by atoms with E-state index in [4.69, 9.17) is 9.47 Å². The van der Waals surface area contributed by atoms with Crippen molar-refractivity contribution < 1.29 is 19.1 Å². The molecular formula is C23H17N3O4. The van der Waals surface area contributed by atoms with Gasteiger partial charge in [0, 0.05) is 23.5 Å². The van der Waals surface area contributed by atoms with Crippen molar-refractivity contribution in [3.8, 4) is 11.5 Å². The van der Waals surface area contributed by atoms with E-state index >= 15 is 0 Å². The van der Waals surface area contributed by atoms with Crippen LogP contribution in [0.15, 0.2) is 66.7 Å². The SMILES string of the molecule is O=C1c2ccccc2NC2(C(=O)Nc3ccccc32)N1Cc1ccc2c(c1)OCO2. The van der Waals surface area contributed by atoms with Crippen LogP contribution >= 0.6 is 0 Å². The Morgan fingerprint density at radius 1 is 0.900 bits per heavy atom. The van der Waals surface area contributed by atoms with Crippen LogP contribution in [0.4, 0.5) is 11.4 Å². The lowest BCUT2D eigenvalue weighted by Gasteiger charge is -2.44. The van der Waals surface area contributed by atoms with Crippen LogP contribution in [0.5, 0.6) is 11.5 Å². The van der Waals surface area contributed by atoms with Gasteiger partial charge in [0.15, 0.2) is 11.5 Å². The van der Waals surface area contributed by atoms with Crippen molar-refractivity contribution in [2.45, 2.75) is 12.2 Å². The number of nitrogens with zero attached hydrogens (tertiary/aromatic N) is 1. The summed E-state index contributed by atoms with van der Waals surface area (Å²) >= 11 is 0. The normalized spacial score (nSPS) is 20.6. The van der Waals surface area contributed by atoms with Crippen LogP contribution in [-0.4, -0.2) is 23.5 Å². The molecule has 3 aromatic rings. The first-order valence-electron chi connectivity index (χ1n) is 9.65. The first-order valence-corrected chi connectivity index (χ1v) is 9.65. The Balaban J connectivity index is 1.52. The number of hydrogen-bond donors (Lipinski definition) is 2. The second-order valence-corrected chi connectivity index (χ2v) is 7.46. The summed E-state index contributed by atoms with van der Waals surface area (Å²) in [5.41, 5.74) is 2.08. The number of carbonyl (C=O) groups excluding carboxylic acids is 2. The van der Waals surface area contributed by atoms with Gasteiger partial charge in [-0.1, -0.05) is 36.4 Å². The van der Waals surface area contributed by atoms with Gasteiger partial charge in [-0.2, -0.15) is 0 Å². The molecule has 0 radical (unpaired) electrons. The third-order valence-corrected chi connectivity index (χ3v) is 5.79. The van der Waals surface area contributed by atoms with Crippen LogP contribution in [0, 0.1) is 0 Å². The number of amides is 2. The summed E-state index contributed by atoms with van der Waals surface area (Å²) in [6.07, 6.45) is 0. The molecule has 7 nitrogen and oxygen atoms in total. The second-order valence-electron chi connectivity index (χ2n) is 7.46. The Bertz CT molecular complexity index is 1220. The van der Waals surface area contributed by atoms with Gasteiger partial charge in [0.2, 0.25) is 12.5 Å². The number of rotatable bonds is 2. The van der Waals surface area contributed by atoms with E-state index in [1.165, 1.54) is 0 Å². The highest BCUT2D eigenvalue weighted by molar-refractivity contribution is 6.14. The number of fused-ring (bicyclic) bond motifs is 4. The molecular weight excluding hydrogens is 382 g/mol. The highest BCUT2D eigenvalue weighted by atomic mass is 16.7. The summed E-state index contributed by atoms with van der Waals surface area (Å²) in [5.74, 6) is 0.808. The lowest BCUT2D eigenvalue weighted by molar-refractivity contribution is -0.125. The number of carbonyl (C=O) groups is 2. The Kier molecular flexibility index (Phi) is 3.38. The van der Waals surface area contributed by atoms with Gasteiger partial charge in [0.1, 0.15) is 0 Å². The molecule has 7 heteroatoms. The molecule has 30 heavy (non-hydrogen) atoms. The van der Waals surface area contributed by atoms with Crippen molar-refractivity contribution in [2.24, 2.45) is 0 Å². The van der Waals surface area contributed by atoms with Gasteiger partial charge in [0.05, 0.1) is 5.56 Å². The topological polar surface area (TPSA) is 79.9 Å². The number of nitrogens with one attached hydrogen (secondary N) is 2. The molecule has 2 amide bonds. The van der Waals surface area contributed by atoms with Crippen molar-refractivity contribution >= 4 is 23.2 Å². The van der Waals surface area contributed by atoms with Gasteiger partial charge in [-0.25, -0.2) is 0 Å². The minimum Gasteiger partial charge on any atom is -0.454 e. The second kappa shape index (κ2) is 6.00. The number of ether oxygens (including phenoxy) is 2. The van der Waals surface area contributed by atoms with Crippen LogP contribution < -0.4 is 20.1 Å². The fourth-order valence-electron chi connectivity index (χ4n) is 4.39. The van der Waals surface area contributed by atoms with E-state index in [-0.39, 0.29) is 25.2 Å². The lowest BCUT2D eigenvalue weighted by Crippen LogP contribution is -2.60. The molecule has 1 unspecified atom stereocenters. The maximum absolute atomic E-state index is 13.6. The van der Waals surface area contributed by atoms with Crippen molar-refractivity contribution in [1.82, 2.24) is 4.90 Å². The molecule has 1 atom stereocenters. The number of anilines is 2. The maximum Gasteiger partial charge on any atom is 0.276 e. The lowest BCUT2D eigenvalue weighted by atomic mass is 9.92. The molecule has 3 heterocycles. The van der Waals surface area contributed by atoms with E-state index in [1.54, 1.807) is 11.0 Å². The fourth-order valence-corrected chi connectivity index (χ4v) is 4.39. The van der Waals surface area contributed by atoms with Crippen LogP contribution in [0.25, 0.3) is 0 Å². The molecule has 0 bridgehead atoms. The summed E-state index contributed by atoms with van der Waals surface area (Å²) in [4.78, 5) is 28.6. The zero-order chi connectivity index (χ0) is 20.3.